The van der Waals surface area contributed by atoms with Gasteiger partial charge in [0.25, 0.3) is 0 Å². The molecule has 0 spiro atoms. The van der Waals surface area contributed by atoms with E-state index >= 15 is 0 Å². The lowest BCUT2D eigenvalue weighted by molar-refractivity contribution is 0.216. The maximum Gasteiger partial charge on any atom is 0.180 e. The summed E-state index contributed by atoms with van der Waals surface area (Å²) in [6, 6.07) is 0. The Morgan fingerprint density at radius 1 is 1.47 bits per heavy atom. The number of hydrogen-bond donors (Lipinski definition) is 2. The van der Waals surface area contributed by atoms with Gasteiger partial charge in [-0.1, -0.05) is 0 Å². The van der Waals surface area contributed by atoms with Crippen LogP contribution in [0.4, 0.5) is 11.6 Å². The highest BCUT2D eigenvalue weighted by Gasteiger charge is 2.26. The van der Waals surface area contributed by atoms with Gasteiger partial charge in [-0.3, -0.25) is 0 Å². The Bertz CT molecular complexity index is 563. The third-order valence-corrected chi connectivity index (χ3v) is 3.33. The highest BCUT2D eigenvalue weighted by atomic mass is 16.3. The Hall–Kier alpha value is -1.82. The molecule has 2 aromatic rings. The van der Waals surface area contributed by atoms with Gasteiger partial charge in [0.1, 0.15) is 5.82 Å². The molecule has 0 saturated carbocycles. The number of imidazole rings is 1. The van der Waals surface area contributed by atoms with E-state index in [1.54, 1.807) is 6.20 Å². The second-order valence-corrected chi connectivity index (χ2v) is 5.17. The Morgan fingerprint density at radius 2 is 2.21 bits per heavy atom. The maximum absolute atomic E-state index is 9.51. The van der Waals surface area contributed by atoms with Crippen molar-refractivity contribution in [3.05, 3.63) is 18.6 Å². The Labute approximate surface area is 113 Å². The molecule has 0 unspecified atom stereocenters. The molecule has 2 aromatic heterocycles. The van der Waals surface area contributed by atoms with Crippen LogP contribution in [0.2, 0.25) is 0 Å². The molecule has 0 aliphatic carbocycles. The van der Waals surface area contributed by atoms with E-state index in [0.29, 0.717) is 0 Å². The predicted molar refractivity (Wildman–Crippen MR) is 76.7 cm³/mol. The van der Waals surface area contributed by atoms with Crippen molar-refractivity contribution in [3.63, 3.8) is 0 Å². The van der Waals surface area contributed by atoms with Crippen molar-refractivity contribution < 1.29 is 5.11 Å². The van der Waals surface area contributed by atoms with Crippen molar-refractivity contribution in [1.29, 1.82) is 0 Å². The van der Waals surface area contributed by atoms with E-state index in [2.05, 4.69) is 15.3 Å². The largest absolute Gasteiger partial charge is 0.394 e. The zero-order chi connectivity index (χ0) is 14.0. The lowest BCUT2D eigenvalue weighted by Gasteiger charge is -2.35. The topological polar surface area (TPSA) is 65.7 Å². The molecule has 0 radical (unpaired) electrons. The van der Waals surface area contributed by atoms with Gasteiger partial charge in [0.15, 0.2) is 11.5 Å². The second-order valence-electron chi connectivity index (χ2n) is 5.17. The van der Waals surface area contributed by atoms with Gasteiger partial charge < -0.3 is 19.7 Å². The normalized spacial score (nSPS) is 11.8. The zero-order valence-electron chi connectivity index (χ0n) is 11.9. The number of rotatable bonds is 5. The van der Waals surface area contributed by atoms with Crippen LogP contribution in [0.5, 0.6) is 0 Å². The van der Waals surface area contributed by atoms with Gasteiger partial charge in [0.2, 0.25) is 0 Å². The average molecular weight is 263 g/mol. The van der Waals surface area contributed by atoms with E-state index in [1.165, 1.54) is 0 Å². The molecule has 0 aromatic carbocycles. The minimum atomic E-state index is -0.399. The van der Waals surface area contributed by atoms with Gasteiger partial charge in [-0.05, 0) is 20.8 Å². The first-order chi connectivity index (χ1) is 8.99. The number of fused-ring (bicyclic) bond motifs is 1. The maximum atomic E-state index is 9.51. The van der Waals surface area contributed by atoms with E-state index in [4.69, 9.17) is 0 Å². The molecule has 0 atom stereocenters. The van der Waals surface area contributed by atoms with Gasteiger partial charge >= 0.3 is 0 Å². The summed E-state index contributed by atoms with van der Waals surface area (Å²) in [5.74, 6) is 1.55. The van der Waals surface area contributed by atoms with Crippen LogP contribution in [-0.2, 0) is 0 Å². The molecule has 19 heavy (non-hydrogen) atoms. The van der Waals surface area contributed by atoms with Crippen molar-refractivity contribution >= 4 is 17.3 Å². The summed E-state index contributed by atoms with van der Waals surface area (Å²) in [7, 11) is 1.92. The highest BCUT2D eigenvalue weighted by molar-refractivity contribution is 5.67. The fraction of sp³-hybridized carbons (Fsp3) is 0.538. The summed E-state index contributed by atoms with van der Waals surface area (Å²) in [5.41, 5.74) is 0.385. The van der Waals surface area contributed by atoms with E-state index in [9.17, 15) is 5.11 Å². The summed E-state index contributed by atoms with van der Waals surface area (Å²) in [4.78, 5) is 10.9. The van der Waals surface area contributed by atoms with Crippen LogP contribution >= 0.6 is 0 Å². The number of likely N-dealkylation sites (N-methyl/N-ethyl adjacent to an activating group) is 1. The summed E-state index contributed by atoms with van der Waals surface area (Å²) in [6.45, 7) is 6.81. The number of aliphatic hydroxyl groups is 1. The molecule has 0 saturated heterocycles. The van der Waals surface area contributed by atoms with Crippen LogP contribution in [0, 0.1) is 0 Å². The smallest absolute Gasteiger partial charge is 0.180 e. The predicted octanol–water partition coefficient (Wildman–Crippen LogP) is 1.37. The minimum Gasteiger partial charge on any atom is -0.394 e. The van der Waals surface area contributed by atoms with Crippen molar-refractivity contribution in [2.24, 2.45) is 0 Å². The fourth-order valence-corrected chi connectivity index (χ4v) is 1.80. The second kappa shape index (κ2) is 5.05. The first-order valence-electron chi connectivity index (χ1n) is 6.42. The molecular formula is C13H21N5O. The lowest BCUT2D eigenvalue weighted by atomic mass is 10.1. The third-order valence-electron chi connectivity index (χ3n) is 3.33. The van der Waals surface area contributed by atoms with Crippen LogP contribution in [0.15, 0.2) is 18.6 Å². The summed E-state index contributed by atoms with van der Waals surface area (Å²) >= 11 is 0. The molecule has 2 N–H and O–H groups in total. The number of hydrogen-bond acceptors (Lipinski definition) is 5. The molecule has 0 aliphatic heterocycles. The summed E-state index contributed by atoms with van der Waals surface area (Å²) < 4.78 is 1.93. The van der Waals surface area contributed by atoms with Crippen molar-refractivity contribution in [1.82, 2.24) is 14.4 Å². The first kappa shape index (κ1) is 13.6. The number of aliphatic hydroxyl groups excluding tert-OH is 1. The summed E-state index contributed by atoms with van der Waals surface area (Å²) in [5, 5.41) is 12.7. The van der Waals surface area contributed by atoms with Gasteiger partial charge in [-0.25, -0.2) is 9.97 Å². The van der Waals surface area contributed by atoms with Crippen molar-refractivity contribution in [2.75, 3.05) is 30.4 Å². The molecule has 2 rings (SSSR count). The molecule has 6 nitrogen and oxygen atoms in total. The molecule has 0 aliphatic rings. The van der Waals surface area contributed by atoms with Crippen LogP contribution in [0.3, 0.4) is 0 Å². The van der Waals surface area contributed by atoms with E-state index in [-0.39, 0.29) is 6.61 Å². The summed E-state index contributed by atoms with van der Waals surface area (Å²) in [6.07, 6.45) is 5.55. The number of nitrogens with zero attached hydrogens (tertiary/aromatic N) is 4. The van der Waals surface area contributed by atoms with E-state index < -0.39 is 5.54 Å². The highest BCUT2D eigenvalue weighted by Crippen LogP contribution is 2.25. The van der Waals surface area contributed by atoms with Crippen LogP contribution in [-0.4, -0.2) is 45.2 Å². The molecular weight excluding hydrogens is 242 g/mol. The molecule has 104 valence electrons. The monoisotopic (exact) mass is 263 g/mol. The third kappa shape index (κ3) is 2.49. The van der Waals surface area contributed by atoms with Crippen molar-refractivity contribution in [3.8, 4) is 0 Å². The van der Waals surface area contributed by atoms with Gasteiger partial charge in [0.05, 0.1) is 18.3 Å². The number of nitrogens with one attached hydrogen (secondary N) is 1. The van der Waals surface area contributed by atoms with E-state index in [0.717, 1.165) is 23.8 Å². The molecule has 0 fully saturated rings. The van der Waals surface area contributed by atoms with Crippen LogP contribution < -0.4 is 10.2 Å². The van der Waals surface area contributed by atoms with Crippen LogP contribution in [0.1, 0.15) is 20.8 Å². The minimum absolute atomic E-state index is 0.0451. The van der Waals surface area contributed by atoms with E-state index in [1.807, 2.05) is 49.5 Å². The number of aromatic nitrogens is 3. The fourth-order valence-electron chi connectivity index (χ4n) is 1.80. The molecule has 6 heteroatoms. The van der Waals surface area contributed by atoms with Crippen molar-refractivity contribution in [2.45, 2.75) is 26.3 Å². The van der Waals surface area contributed by atoms with Gasteiger partial charge in [-0.15, -0.1) is 0 Å². The average Bonchev–Trinajstić information content (AvgIpc) is 2.85. The van der Waals surface area contributed by atoms with Crippen LogP contribution in [0.25, 0.3) is 5.65 Å². The Balaban J connectivity index is 2.54. The lowest BCUT2D eigenvalue weighted by Crippen LogP contribution is -2.45. The molecule has 0 bridgehead atoms. The van der Waals surface area contributed by atoms with Gasteiger partial charge in [-0.2, -0.15) is 0 Å². The van der Waals surface area contributed by atoms with Gasteiger partial charge in [0, 0.05) is 26.0 Å². The SMILES string of the molecule is CCNc1cn2ccnc2c(N(C)C(C)(C)CO)n1. The zero-order valence-corrected chi connectivity index (χ0v) is 11.9. The molecule has 0 amide bonds. The quantitative estimate of drug-likeness (QED) is 0.853. The Kier molecular flexibility index (Phi) is 3.61. The Morgan fingerprint density at radius 3 is 2.84 bits per heavy atom. The molecule has 2 heterocycles. The standard InChI is InChI=1S/C13H21N5O/c1-5-14-10-8-18-7-6-15-11(18)12(16-10)17(4)13(2,3)9-19/h6-8,14,19H,5,9H2,1-4H3. The number of anilines is 2. The first-order valence-corrected chi connectivity index (χ1v) is 6.42.